The van der Waals surface area contributed by atoms with Crippen LogP contribution in [-0.2, 0) is 6.18 Å². The lowest BCUT2D eigenvalue weighted by molar-refractivity contribution is -0.137. The highest BCUT2D eigenvalue weighted by molar-refractivity contribution is 7.80. The Hall–Kier alpha value is -2.35. The molecule has 2 aromatic rings. The summed E-state index contributed by atoms with van der Waals surface area (Å²) in [5.74, 6) is -0.320. The molecule has 2 rings (SSSR count). The third-order valence-electron chi connectivity index (χ3n) is 2.98. The summed E-state index contributed by atoms with van der Waals surface area (Å²) in [5, 5.41) is 5.15. The first-order valence-electron chi connectivity index (χ1n) is 6.98. The SMILES string of the molecule is CCOc1ccccc1NC(=S)Nc1cc(C(F)(F)F)ccc1F. The molecule has 0 fully saturated rings. The molecular formula is C16H14F4N2OS. The molecule has 0 bridgehead atoms. The fourth-order valence-electron chi connectivity index (χ4n) is 1.92. The molecule has 0 aliphatic rings. The van der Waals surface area contributed by atoms with Crippen LogP contribution in [0.1, 0.15) is 12.5 Å². The molecule has 2 aromatic carbocycles. The van der Waals surface area contributed by atoms with Gasteiger partial charge in [-0.3, -0.25) is 0 Å². The van der Waals surface area contributed by atoms with Crippen LogP contribution in [0.25, 0.3) is 0 Å². The van der Waals surface area contributed by atoms with E-state index in [4.69, 9.17) is 17.0 Å². The van der Waals surface area contributed by atoms with Gasteiger partial charge in [0, 0.05) is 0 Å². The molecule has 0 radical (unpaired) electrons. The number of para-hydroxylation sites is 2. The lowest BCUT2D eigenvalue weighted by atomic mass is 10.2. The van der Waals surface area contributed by atoms with Gasteiger partial charge >= 0.3 is 6.18 Å². The number of thiocarbonyl (C=S) groups is 1. The van der Waals surface area contributed by atoms with Crippen molar-refractivity contribution in [2.75, 3.05) is 17.2 Å². The zero-order valence-electron chi connectivity index (χ0n) is 12.6. The van der Waals surface area contributed by atoms with Crippen LogP contribution in [0.4, 0.5) is 28.9 Å². The average molecular weight is 358 g/mol. The number of anilines is 2. The molecule has 0 aromatic heterocycles. The van der Waals surface area contributed by atoms with E-state index in [9.17, 15) is 17.6 Å². The van der Waals surface area contributed by atoms with Crippen LogP contribution in [0, 0.1) is 5.82 Å². The molecule has 0 saturated heterocycles. The summed E-state index contributed by atoms with van der Waals surface area (Å²) in [5.41, 5.74) is -0.815. The van der Waals surface area contributed by atoms with Gasteiger partial charge in [-0.25, -0.2) is 4.39 Å². The predicted octanol–water partition coefficient (Wildman–Crippen LogP) is 5.05. The maximum atomic E-state index is 13.7. The van der Waals surface area contributed by atoms with Crippen molar-refractivity contribution in [3.8, 4) is 5.75 Å². The maximum absolute atomic E-state index is 13.7. The van der Waals surface area contributed by atoms with E-state index in [1.807, 2.05) is 6.92 Å². The molecule has 0 atom stereocenters. The van der Waals surface area contributed by atoms with Crippen LogP contribution in [0.15, 0.2) is 42.5 Å². The molecule has 2 N–H and O–H groups in total. The summed E-state index contributed by atoms with van der Waals surface area (Å²) in [6.07, 6.45) is -4.57. The summed E-state index contributed by atoms with van der Waals surface area (Å²) < 4.78 is 57.2. The molecule has 0 amide bonds. The highest BCUT2D eigenvalue weighted by atomic mass is 32.1. The van der Waals surface area contributed by atoms with Gasteiger partial charge in [0.1, 0.15) is 11.6 Å². The number of ether oxygens (including phenoxy) is 1. The summed E-state index contributed by atoms with van der Waals surface area (Å²) >= 11 is 5.03. The maximum Gasteiger partial charge on any atom is 0.416 e. The molecule has 0 unspecified atom stereocenters. The Bertz CT molecular complexity index is 734. The quantitative estimate of drug-likeness (QED) is 0.592. The second-order valence-electron chi connectivity index (χ2n) is 4.70. The van der Waals surface area contributed by atoms with E-state index in [1.165, 1.54) is 0 Å². The smallest absolute Gasteiger partial charge is 0.416 e. The Morgan fingerprint density at radius 2 is 1.75 bits per heavy atom. The number of rotatable bonds is 4. The minimum atomic E-state index is -4.57. The normalized spacial score (nSPS) is 11.0. The van der Waals surface area contributed by atoms with Crippen molar-refractivity contribution >= 4 is 28.7 Å². The molecule has 0 aliphatic carbocycles. The largest absolute Gasteiger partial charge is 0.492 e. The Balaban J connectivity index is 2.16. The van der Waals surface area contributed by atoms with E-state index >= 15 is 0 Å². The molecule has 3 nitrogen and oxygen atoms in total. The Morgan fingerprint density at radius 3 is 2.42 bits per heavy atom. The van der Waals surface area contributed by atoms with Gasteiger partial charge in [-0.15, -0.1) is 0 Å². The van der Waals surface area contributed by atoms with Crippen molar-refractivity contribution in [1.29, 1.82) is 0 Å². The highest BCUT2D eigenvalue weighted by Crippen LogP contribution is 2.32. The minimum Gasteiger partial charge on any atom is -0.492 e. The topological polar surface area (TPSA) is 33.3 Å². The number of alkyl halides is 3. The Morgan fingerprint density at radius 1 is 1.08 bits per heavy atom. The van der Waals surface area contributed by atoms with Gasteiger partial charge in [0.05, 0.1) is 23.5 Å². The van der Waals surface area contributed by atoms with E-state index in [1.54, 1.807) is 24.3 Å². The molecular weight excluding hydrogens is 344 g/mol. The van der Waals surface area contributed by atoms with E-state index in [0.717, 1.165) is 6.07 Å². The first-order valence-corrected chi connectivity index (χ1v) is 7.38. The number of nitrogens with one attached hydrogen (secondary N) is 2. The summed E-state index contributed by atoms with van der Waals surface area (Å²) in [7, 11) is 0. The van der Waals surface area contributed by atoms with Gasteiger partial charge in [-0.1, -0.05) is 12.1 Å². The second-order valence-corrected chi connectivity index (χ2v) is 5.11. The van der Waals surface area contributed by atoms with Crippen LogP contribution < -0.4 is 15.4 Å². The van der Waals surface area contributed by atoms with Gasteiger partial charge in [-0.05, 0) is 49.5 Å². The minimum absolute atomic E-state index is 0.0552. The van der Waals surface area contributed by atoms with Gasteiger partial charge in [0.15, 0.2) is 5.11 Å². The first kappa shape index (κ1) is 18.0. The van der Waals surface area contributed by atoms with Crippen molar-refractivity contribution < 1.29 is 22.3 Å². The van der Waals surface area contributed by atoms with Crippen LogP contribution >= 0.6 is 12.2 Å². The predicted molar refractivity (Wildman–Crippen MR) is 88.9 cm³/mol. The van der Waals surface area contributed by atoms with Gasteiger partial charge in [0.25, 0.3) is 0 Å². The van der Waals surface area contributed by atoms with E-state index in [-0.39, 0.29) is 10.8 Å². The molecule has 24 heavy (non-hydrogen) atoms. The van der Waals surface area contributed by atoms with E-state index in [2.05, 4.69) is 10.6 Å². The second kappa shape index (κ2) is 7.48. The fraction of sp³-hybridized carbons (Fsp3) is 0.188. The highest BCUT2D eigenvalue weighted by Gasteiger charge is 2.31. The van der Waals surface area contributed by atoms with Gasteiger partial charge in [0.2, 0.25) is 0 Å². The van der Waals surface area contributed by atoms with Crippen LogP contribution in [0.2, 0.25) is 0 Å². The molecule has 0 saturated carbocycles. The van der Waals surface area contributed by atoms with Gasteiger partial charge in [-0.2, -0.15) is 13.2 Å². The molecule has 8 heteroatoms. The number of halogens is 4. The van der Waals surface area contributed by atoms with Crippen molar-refractivity contribution in [3.05, 3.63) is 53.8 Å². The van der Waals surface area contributed by atoms with E-state index < -0.39 is 17.6 Å². The van der Waals surface area contributed by atoms with Crippen molar-refractivity contribution in [2.45, 2.75) is 13.1 Å². The standard InChI is InChI=1S/C16H14F4N2OS/c1-2-23-14-6-4-3-5-12(14)21-15(24)22-13-9-10(16(18,19)20)7-8-11(13)17/h3-9H,2H2,1H3,(H2,21,22,24). The number of benzene rings is 2. The fourth-order valence-corrected chi connectivity index (χ4v) is 2.14. The summed E-state index contributed by atoms with van der Waals surface area (Å²) in [6, 6.07) is 8.96. The Labute approximate surface area is 141 Å². The summed E-state index contributed by atoms with van der Waals surface area (Å²) in [6.45, 7) is 2.24. The van der Waals surface area contributed by atoms with Crippen molar-refractivity contribution in [2.24, 2.45) is 0 Å². The third kappa shape index (κ3) is 4.58. The zero-order chi connectivity index (χ0) is 17.7. The molecule has 0 aliphatic heterocycles. The number of hydrogen-bond donors (Lipinski definition) is 2. The van der Waals surface area contributed by atoms with Crippen molar-refractivity contribution in [3.63, 3.8) is 0 Å². The van der Waals surface area contributed by atoms with E-state index in [0.29, 0.717) is 30.2 Å². The zero-order valence-corrected chi connectivity index (χ0v) is 13.4. The van der Waals surface area contributed by atoms with Crippen molar-refractivity contribution in [1.82, 2.24) is 0 Å². The first-order chi connectivity index (χ1) is 11.3. The number of hydrogen-bond acceptors (Lipinski definition) is 2. The lowest BCUT2D eigenvalue weighted by Crippen LogP contribution is -2.20. The van der Waals surface area contributed by atoms with Crippen LogP contribution in [0.3, 0.4) is 0 Å². The third-order valence-corrected chi connectivity index (χ3v) is 3.18. The lowest BCUT2D eigenvalue weighted by Gasteiger charge is -2.15. The van der Waals surface area contributed by atoms with Crippen LogP contribution in [-0.4, -0.2) is 11.7 Å². The van der Waals surface area contributed by atoms with Crippen LogP contribution in [0.5, 0.6) is 5.75 Å². The molecule has 0 heterocycles. The monoisotopic (exact) mass is 358 g/mol. The van der Waals surface area contributed by atoms with Gasteiger partial charge < -0.3 is 15.4 Å². The molecule has 0 spiro atoms. The summed E-state index contributed by atoms with van der Waals surface area (Å²) in [4.78, 5) is 0. The molecule has 128 valence electrons. The Kier molecular flexibility index (Phi) is 5.61. The average Bonchev–Trinajstić information content (AvgIpc) is 2.50.